The van der Waals surface area contributed by atoms with Gasteiger partial charge in [-0.05, 0) is 29.7 Å². The van der Waals surface area contributed by atoms with Crippen molar-refractivity contribution in [3.8, 4) is 0 Å². The van der Waals surface area contributed by atoms with E-state index in [1.807, 2.05) is 54.6 Å². The first-order valence-electron chi connectivity index (χ1n) is 13.6. The van der Waals surface area contributed by atoms with E-state index in [-0.39, 0.29) is 30.3 Å². The molecule has 6 nitrogen and oxygen atoms in total. The van der Waals surface area contributed by atoms with E-state index < -0.39 is 0 Å². The third-order valence-electron chi connectivity index (χ3n) is 6.90. The van der Waals surface area contributed by atoms with Gasteiger partial charge in [-0.25, -0.2) is 0 Å². The SMILES string of the molecule is CCCN1CC(OCc2ccccc2)C(OCc2ccccc2)C(OCc2ccccc2)C1CNC(C)=O. The van der Waals surface area contributed by atoms with Crippen LogP contribution < -0.4 is 5.32 Å². The molecule has 0 aliphatic carbocycles. The molecule has 0 aromatic heterocycles. The summed E-state index contributed by atoms with van der Waals surface area (Å²) in [6, 6.07) is 30.6. The molecule has 202 valence electrons. The molecule has 38 heavy (non-hydrogen) atoms. The molecule has 3 aromatic carbocycles. The van der Waals surface area contributed by atoms with Crippen molar-refractivity contribution in [3.05, 3.63) is 108 Å². The van der Waals surface area contributed by atoms with Crippen molar-refractivity contribution in [2.45, 2.75) is 64.4 Å². The molecule has 1 saturated heterocycles. The average Bonchev–Trinajstić information content (AvgIpc) is 2.95. The summed E-state index contributed by atoms with van der Waals surface area (Å²) in [6.45, 7) is 7.22. The number of nitrogens with zero attached hydrogens (tertiary/aromatic N) is 1. The van der Waals surface area contributed by atoms with Gasteiger partial charge in [0.2, 0.25) is 5.91 Å². The molecule has 4 rings (SSSR count). The smallest absolute Gasteiger partial charge is 0.216 e. The van der Waals surface area contributed by atoms with Crippen molar-refractivity contribution in [2.24, 2.45) is 0 Å². The van der Waals surface area contributed by atoms with Crippen LogP contribution in [-0.4, -0.2) is 54.8 Å². The van der Waals surface area contributed by atoms with E-state index in [1.165, 1.54) is 0 Å². The molecule has 0 radical (unpaired) electrons. The molecule has 0 spiro atoms. The summed E-state index contributed by atoms with van der Waals surface area (Å²) >= 11 is 0. The van der Waals surface area contributed by atoms with E-state index in [0.717, 1.165) is 29.7 Å². The summed E-state index contributed by atoms with van der Waals surface area (Å²) in [5.74, 6) is -0.0486. The summed E-state index contributed by atoms with van der Waals surface area (Å²) in [5.41, 5.74) is 3.32. The van der Waals surface area contributed by atoms with Crippen molar-refractivity contribution in [1.82, 2.24) is 10.2 Å². The number of piperidine rings is 1. The monoisotopic (exact) mass is 516 g/mol. The van der Waals surface area contributed by atoms with Crippen molar-refractivity contribution in [3.63, 3.8) is 0 Å². The number of likely N-dealkylation sites (tertiary alicyclic amines) is 1. The molecule has 1 amide bonds. The Kier molecular flexibility index (Phi) is 10.9. The number of carbonyl (C=O) groups is 1. The molecule has 1 heterocycles. The Morgan fingerprint density at radius 2 is 1.24 bits per heavy atom. The van der Waals surface area contributed by atoms with Gasteiger partial charge in [-0.15, -0.1) is 0 Å². The minimum atomic E-state index is -0.311. The number of ether oxygens (including phenoxy) is 3. The second-order valence-corrected chi connectivity index (χ2v) is 9.86. The molecule has 6 heteroatoms. The second kappa shape index (κ2) is 14.8. The normalized spacial score (nSPS) is 21.7. The zero-order valence-electron chi connectivity index (χ0n) is 22.5. The Balaban J connectivity index is 1.61. The summed E-state index contributed by atoms with van der Waals surface area (Å²) in [5, 5.41) is 3.04. The summed E-state index contributed by atoms with van der Waals surface area (Å²) in [4.78, 5) is 14.3. The van der Waals surface area contributed by atoms with Gasteiger partial charge >= 0.3 is 0 Å². The third-order valence-corrected chi connectivity index (χ3v) is 6.90. The maximum Gasteiger partial charge on any atom is 0.216 e. The highest BCUT2D eigenvalue weighted by molar-refractivity contribution is 5.72. The summed E-state index contributed by atoms with van der Waals surface area (Å²) in [6.07, 6.45) is 0.185. The average molecular weight is 517 g/mol. The Morgan fingerprint density at radius 1 is 0.763 bits per heavy atom. The van der Waals surface area contributed by atoms with Gasteiger partial charge in [0.05, 0.1) is 32.0 Å². The second-order valence-electron chi connectivity index (χ2n) is 9.86. The number of amides is 1. The minimum Gasteiger partial charge on any atom is -0.369 e. The van der Waals surface area contributed by atoms with Gasteiger partial charge in [-0.3, -0.25) is 9.69 Å². The van der Waals surface area contributed by atoms with E-state index in [9.17, 15) is 4.79 Å². The highest BCUT2D eigenvalue weighted by Crippen LogP contribution is 2.28. The first-order chi connectivity index (χ1) is 18.6. The molecule has 1 fully saturated rings. The Morgan fingerprint density at radius 3 is 1.71 bits per heavy atom. The van der Waals surface area contributed by atoms with E-state index in [2.05, 4.69) is 53.5 Å². The zero-order valence-corrected chi connectivity index (χ0v) is 22.5. The number of benzene rings is 3. The predicted octanol–water partition coefficient (Wildman–Crippen LogP) is 4.97. The van der Waals surface area contributed by atoms with Gasteiger partial charge in [-0.1, -0.05) is 97.9 Å². The van der Waals surface area contributed by atoms with Crippen LogP contribution in [-0.2, 0) is 38.8 Å². The van der Waals surface area contributed by atoms with Crippen molar-refractivity contribution in [1.29, 1.82) is 0 Å². The van der Waals surface area contributed by atoms with Gasteiger partial charge in [0, 0.05) is 20.0 Å². The minimum absolute atomic E-state index is 0.0417. The van der Waals surface area contributed by atoms with Crippen LogP contribution in [0, 0.1) is 0 Å². The lowest BCUT2D eigenvalue weighted by atomic mass is 9.92. The van der Waals surface area contributed by atoms with Crippen LogP contribution in [0.5, 0.6) is 0 Å². The topological polar surface area (TPSA) is 60.0 Å². The number of rotatable bonds is 13. The van der Waals surface area contributed by atoms with Gasteiger partial charge in [0.1, 0.15) is 12.2 Å². The molecule has 0 bridgehead atoms. The number of nitrogens with one attached hydrogen (secondary N) is 1. The van der Waals surface area contributed by atoms with Gasteiger partial charge in [0.15, 0.2) is 0 Å². The van der Waals surface area contributed by atoms with Crippen LogP contribution in [0.2, 0.25) is 0 Å². The van der Waals surface area contributed by atoms with E-state index >= 15 is 0 Å². The fourth-order valence-electron chi connectivity index (χ4n) is 5.01. The maximum atomic E-state index is 11.9. The Bertz CT molecular complexity index is 1080. The van der Waals surface area contributed by atoms with Crippen molar-refractivity contribution >= 4 is 5.91 Å². The lowest BCUT2D eigenvalue weighted by molar-refractivity contribution is -0.202. The summed E-state index contributed by atoms with van der Waals surface area (Å²) in [7, 11) is 0. The molecular formula is C32H40N2O4. The fourth-order valence-corrected chi connectivity index (χ4v) is 5.01. The number of carbonyl (C=O) groups excluding carboxylic acids is 1. The van der Waals surface area contributed by atoms with Gasteiger partial charge in [0.25, 0.3) is 0 Å². The van der Waals surface area contributed by atoms with E-state index in [0.29, 0.717) is 32.9 Å². The maximum absolute atomic E-state index is 11.9. The zero-order chi connectivity index (χ0) is 26.6. The molecule has 1 aliphatic rings. The molecular weight excluding hydrogens is 476 g/mol. The molecule has 3 aromatic rings. The fraction of sp³-hybridized carbons (Fsp3) is 0.406. The van der Waals surface area contributed by atoms with Crippen LogP contribution in [0.4, 0.5) is 0 Å². The standard InChI is InChI=1S/C32H40N2O4/c1-3-19-34-21-30(36-22-26-13-7-4-8-14-26)32(38-24-28-17-11-6-12-18-28)31(29(34)20-33-25(2)35)37-23-27-15-9-5-10-16-27/h4-18,29-32H,3,19-24H2,1-2H3,(H,33,35). The summed E-state index contributed by atoms with van der Waals surface area (Å²) < 4.78 is 19.9. The highest BCUT2D eigenvalue weighted by Gasteiger charge is 2.45. The lowest BCUT2D eigenvalue weighted by Gasteiger charge is -2.48. The van der Waals surface area contributed by atoms with E-state index in [1.54, 1.807) is 6.92 Å². The predicted molar refractivity (Wildman–Crippen MR) is 149 cm³/mol. The Labute approximate surface area is 226 Å². The molecule has 1 N–H and O–H groups in total. The first-order valence-corrected chi connectivity index (χ1v) is 13.6. The largest absolute Gasteiger partial charge is 0.369 e. The van der Waals surface area contributed by atoms with Gasteiger partial charge < -0.3 is 19.5 Å². The lowest BCUT2D eigenvalue weighted by Crippen LogP contribution is -2.65. The quantitative estimate of drug-likeness (QED) is 0.348. The Hall–Kier alpha value is -3.03. The van der Waals surface area contributed by atoms with Gasteiger partial charge in [-0.2, -0.15) is 0 Å². The van der Waals surface area contributed by atoms with Crippen LogP contribution in [0.25, 0.3) is 0 Å². The van der Waals surface area contributed by atoms with Crippen molar-refractivity contribution < 1.29 is 19.0 Å². The van der Waals surface area contributed by atoms with E-state index in [4.69, 9.17) is 14.2 Å². The van der Waals surface area contributed by atoms with Crippen LogP contribution in [0.15, 0.2) is 91.0 Å². The molecule has 4 atom stereocenters. The number of hydrogen-bond acceptors (Lipinski definition) is 5. The van der Waals surface area contributed by atoms with Crippen LogP contribution in [0.1, 0.15) is 37.0 Å². The molecule has 0 saturated carbocycles. The highest BCUT2D eigenvalue weighted by atomic mass is 16.6. The molecule has 4 unspecified atom stereocenters. The van der Waals surface area contributed by atoms with Crippen LogP contribution in [0.3, 0.4) is 0 Å². The first kappa shape index (κ1) is 28.0. The third kappa shape index (κ3) is 8.23. The number of hydrogen-bond donors (Lipinski definition) is 1. The van der Waals surface area contributed by atoms with Crippen LogP contribution >= 0.6 is 0 Å². The van der Waals surface area contributed by atoms with Crippen molar-refractivity contribution in [2.75, 3.05) is 19.6 Å². The molecule has 1 aliphatic heterocycles.